The number of rotatable bonds is 3. The number of nitrogens with one attached hydrogen (secondary N) is 1. The van der Waals surface area contributed by atoms with Crippen LogP contribution >= 0.6 is 22.6 Å². The Morgan fingerprint density at radius 3 is 2.64 bits per heavy atom. The Hall–Kier alpha value is -1.31. The van der Waals surface area contributed by atoms with E-state index in [9.17, 15) is 14.7 Å². The Morgan fingerprint density at radius 2 is 2.05 bits per heavy atom. The smallest absolute Gasteiger partial charge is 0.407 e. The van der Waals surface area contributed by atoms with Gasteiger partial charge in [0.05, 0.1) is 0 Å². The standard InChI is InChI=1S/C16H21IN2O3/c1-16(2,3)19(15(21)22)7-6-10-9-13-11(8-12(10)17)4-5-14(20)18-13/h8-9H,4-7H2,1-3H3,(H,18,20)(H,21,22). The molecule has 0 fully saturated rings. The zero-order chi connectivity index (χ0) is 16.5. The Morgan fingerprint density at radius 1 is 1.36 bits per heavy atom. The van der Waals surface area contributed by atoms with Crippen molar-refractivity contribution < 1.29 is 14.7 Å². The average molecular weight is 416 g/mol. The highest BCUT2D eigenvalue weighted by Crippen LogP contribution is 2.28. The summed E-state index contributed by atoms with van der Waals surface area (Å²) in [6.45, 7) is 6.10. The molecule has 1 aromatic rings. The number of nitrogens with zero attached hydrogens (tertiary/aromatic N) is 1. The van der Waals surface area contributed by atoms with Crippen molar-refractivity contribution in [2.75, 3.05) is 11.9 Å². The molecule has 0 saturated heterocycles. The first-order valence-electron chi connectivity index (χ1n) is 7.30. The molecule has 22 heavy (non-hydrogen) atoms. The number of halogens is 1. The van der Waals surface area contributed by atoms with Crippen LogP contribution in [0.15, 0.2) is 12.1 Å². The molecule has 6 heteroatoms. The number of hydrogen-bond donors (Lipinski definition) is 2. The van der Waals surface area contributed by atoms with E-state index in [0.29, 0.717) is 19.4 Å². The van der Waals surface area contributed by atoms with Crippen molar-refractivity contribution in [2.45, 2.75) is 45.6 Å². The minimum atomic E-state index is -0.909. The van der Waals surface area contributed by atoms with E-state index < -0.39 is 11.6 Å². The molecule has 0 atom stereocenters. The fourth-order valence-corrected chi connectivity index (χ4v) is 3.39. The van der Waals surface area contributed by atoms with Crippen LogP contribution in [0.4, 0.5) is 10.5 Å². The largest absolute Gasteiger partial charge is 0.465 e. The zero-order valence-electron chi connectivity index (χ0n) is 13.1. The number of fused-ring (bicyclic) bond motifs is 1. The molecule has 0 aliphatic carbocycles. The van der Waals surface area contributed by atoms with Crippen LogP contribution in [-0.2, 0) is 17.6 Å². The lowest BCUT2D eigenvalue weighted by molar-refractivity contribution is -0.116. The van der Waals surface area contributed by atoms with Crippen molar-refractivity contribution in [1.82, 2.24) is 4.90 Å². The third kappa shape index (κ3) is 3.91. The number of amides is 2. The van der Waals surface area contributed by atoms with E-state index in [1.165, 1.54) is 4.90 Å². The summed E-state index contributed by atoms with van der Waals surface area (Å²) in [6.07, 6.45) is 1.01. The Labute approximate surface area is 144 Å². The number of anilines is 1. The van der Waals surface area contributed by atoms with Crippen molar-refractivity contribution in [3.63, 3.8) is 0 Å². The van der Waals surface area contributed by atoms with Gasteiger partial charge < -0.3 is 15.3 Å². The quantitative estimate of drug-likeness (QED) is 0.742. The van der Waals surface area contributed by atoms with Crippen LogP contribution in [0, 0.1) is 3.57 Å². The molecule has 0 unspecified atom stereocenters. The van der Waals surface area contributed by atoms with Gasteiger partial charge in [0.1, 0.15) is 0 Å². The molecule has 1 heterocycles. The highest BCUT2D eigenvalue weighted by molar-refractivity contribution is 14.1. The van der Waals surface area contributed by atoms with Crippen molar-refractivity contribution >= 4 is 40.3 Å². The molecular formula is C16H21IN2O3. The van der Waals surface area contributed by atoms with Gasteiger partial charge in [-0.2, -0.15) is 0 Å². The summed E-state index contributed by atoms with van der Waals surface area (Å²) >= 11 is 2.28. The molecule has 2 amide bonds. The molecule has 0 saturated carbocycles. The van der Waals surface area contributed by atoms with Gasteiger partial charge in [0.25, 0.3) is 0 Å². The number of carbonyl (C=O) groups is 2. The third-order valence-electron chi connectivity index (χ3n) is 3.81. The first kappa shape index (κ1) is 17.1. The molecule has 0 aromatic heterocycles. The molecule has 1 aliphatic heterocycles. The van der Waals surface area contributed by atoms with Gasteiger partial charge in [0.15, 0.2) is 0 Å². The third-order valence-corrected chi connectivity index (χ3v) is 4.82. The maximum absolute atomic E-state index is 11.5. The van der Waals surface area contributed by atoms with Gasteiger partial charge in [-0.05, 0) is 79.5 Å². The average Bonchev–Trinajstić information content (AvgIpc) is 2.38. The monoisotopic (exact) mass is 416 g/mol. The Bertz CT molecular complexity index is 608. The minimum absolute atomic E-state index is 0.0431. The van der Waals surface area contributed by atoms with Crippen molar-refractivity contribution in [1.29, 1.82) is 0 Å². The topological polar surface area (TPSA) is 69.6 Å². The summed E-state index contributed by atoms with van der Waals surface area (Å²) in [6, 6.07) is 4.07. The van der Waals surface area contributed by atoms with E-state index in [0.717, 1.165) is 26.8 Å². The zero-order valence-corrected chi connectivity index (χ0v) is 15.2. The fraction of sp³-hybridized carbons (Fsp3) is 0.500. The first-order chi connectivity index (χ1) is 10.2. The predicted octanol–water partition coefficient (Wildman–Crippen LogP) is 3.50. The molecule has 0 bridgehead atoms. The Balaban J connectivity index is 2.18. The summed E-state index contributed by atoms with van der Waals surface area (Å²) in [4.78, 5) is 24.4. The van der Waals surface area contributed by atoms with Crippen molar-refractivity contribution in [3.8, 4) is 0 Å². The van der Waals surface area contributed by atoms with E-state index in [4.69, 9.17) is 0 Å². The maximum atomic E-state index is 11.5. The van der Waals surface area contributed by atoms with Crippen molar-refractivity contribution in [3.05, 3.63) is 26.8 Å². The maximum Gasteiger partial charge on any atom is 0.407 e. The SMILES string of the molecule is CC(C)(C)N(CCc1cc2c(cc1I)CCC(=O)N2)C(=O)O. The second-order valence-electron chi connectivity index (χ2n) is 6.50. The van der Waals surface area contributed by atoms with Crippen LogP contribution in [0.5, 0.6) is 0 Å². The number of hydrogen-bond acceptors (Lipinski definition) is 2. The van der Waals surface area contributed by atoms with E-state index in [1.54, 1.807) is 0 Å². The molecule has 0 spiro atoms. The lowest BCUT2D eigenvalue weighted by Crippen LogP contribution is -2.46. The summed E-state index contributed by atoms with van der Waals surface area (Å²) in [5.74, 6) is 0.0431. The summed E-state index contributed by atoms with van der Waals surface area (Å²) in [5, 5.41) is 12.2. The lowest BCUT2D eigenvalue weighted by atomic mass is 9.99. The second-order valence-corrected chi connectivity index (χ2v) is 7.67. The molecule has 0 radical (unpaired) electrons. The number of carbonyl (C=O) groups excluding carboxylic acids is 1. The van der Waals surface area contributed by atoms with Crippen molar-refractivity contribution in [2.24, 2.45) is 0 Å². The molecular weight excluding hydrogens is 395 g/mol. The predicted molar refractivity (Wildman–Crippen MR) is 94.3 cm³/mol. The molecule has 5 nitrogen and oxygen atoms in total. The number of aryl methyl sites for hydroxylation is 1. The fourth-order valence-electron chi connectivity index (χ4n) is 2.59. The van der Waals surface area contributed by atoms with Gasteiger partial charge in [0.2, 0.25) is 5.91 Å². The highest BCUT2D eigenvalue weighted by Gasteiger charge is 2.26. The number of carboxylic acid groups (broad SMARTS) is 1. The van der Waals surface area contributed by atoms with Gasteiger partial charge in [-0.1, -0.05) is 0 Å². The summed E-state index contributed by atoms with van der Waals surface area (Å²) in [5.41, 5.74) is 2.65. The summed E-state index contributed by atoms with van der Waals surface area (Å²) < 4.78 is 1.12. The van der Waals surface area contributed by atoms with Crippen LogP contribution in [0.1, 0.15) is 38.3 Å². The van der Waals surface area contributed by atoms with Gasteiger partial charge in [-0.3, -0.25) is 4.79 Å². The van der Waals surface area contributed by atoms with E-state index in [-0.39, 0.29) is 5.91 Å². The Kier molecular flexibility index (Phi) is 4.99. The second kappa shape index (κ2) is 6.44. The summed E-state index contributed by atoms with van der Waals surface area (Å²) in [7, 11) is 0. The molecule has 120 valence electrons. The van der Waals surface area contributed by atoms with Gasteiger partial charge in [-0.25, -0.2) is 4.79 Å². The van der Waals surface area contributed by atoms with E-state index in [1.807, 2.05) is 26.8 Å². The van der Waals surface area contributed by atoms with Crippen LogP contribution in [0.2, 0.25) is 0 Å². The molecule has 2 N–H and O–H groups in total. The highest BCUT2D eigenvalue weighted by atomic mass is 127. The minimum Gasteiger partial charge on any atom is -0.465 e. The van der Waals surface area contributed by atoms with E-state index >= 15 is 0 Å². The van der Waals surface area contributed by atoms with Crippen LogP contribution in [0.3, 0.4) is 0 Å². The molecule has 2 rings (SSSR count). The van der Waals surface area contributed by atoms with Gasteiger partial charge >= 0.3 is 6.09 Å². The van der Waals surface area contributed by atoms with Crippen LogP contribution in [-0.4, -0.2) is 34.1 Å². The van der Waals surface area contributed by atoms with Crippen LogP contribution < -0.4 is 5.32 Å². The van der Waals surface area contributed by atoms with Gasteiger partial charge in [-0.15, -0.1) is 0 Å². The van der Waals surface area contributed by atoms with Crippen LogP contribution in [0.25, 0.3) is 0 Å². The first-order valence-corrected chi connectivity index (χ1v) is 8.38. The van der Waals surface area contributed by atoms with E-state index in [2.05, 4.69) is 34.0 Å². The molecule has 1 aliphatic rings. The lowest BCUT2D eigenvalue weighted by Gasteiger charge is -2.33. The molecule has 1 aromatic carbocycles. The number of benzene rings is 1. The normalized spacial score (nSPS) is 14.3. The van der Waals surface area contributed by atoms with Gasteiger partial charge in [0, 0.05) is 27.8 Å².